The van der Waals surface area contributed by atoms with E-state index >= 15 is 0 Å². The molecule has 0 saturated heterocycles. The molecule has 2 aromatic rings. The molecule has 0 unspecified atom stereocenters. The van der Waals surface area contributed by atoms with Crippen LogP contribution in [0.1, 0.15) is 26.3 Å². The highest BCUT2D eigenvalue weighted by molar-refractivity contribution is 6.30. The van der Waals surface area contributed by atoms with Crippen LogP contribution >= 0.6 is 23.2 Å². The quantitative estimate of drug-likeness (QED) is 0.647. The summed E-state index contributed by atoms with van der Waals surface area (Å²) in [4.78, 5) is 27.3. The van der Waals surface area contributed by atoms with Gasteiger partial charge in [0.1, 0.15) is 5.15 Å². The highest BCUT2D eigenvalue weighted by atomic mass is 35.5. The third-order valence-corrected chi connectivity index (χ3v) is 3.45. The average molecular weight is 377 g/mol. The van der Waals surface area contributed by atoms with Crippen molar-refractivity contribution in [3.05, 3.63) is 63.4 Å². The first kappa shape index (κ1) is 18.2. The summed E-state index contributed by atoms with van der Waals surface area (Å²) in [6, 6.07) is 6.42. The molecule has 1 heterocycles. The lowest BCUT2D eigenvalue weighted by molar-refractivity contribution is -0.138. The summed E-state index contributed by atoms with van der Waals surface area (Å²) < 4.78 is 38.8. The molecule has 0 aliphatic heterocycles. The predicted molar refractivity (Wildman–Crippen MR) is 82.4 cm³/mol. The summed E-state index contributed by atoms with van der Waals surface area (Å²) in [7, 11) is 0. The molecule has 9 heteroatoms. The summed E-state index contributed by atoms with van der Waals surface area (Å²) in [5.74, 6) is -1.55. The summed E-state index contributed by atoms with van der Waals surface area (Å²) in [6.45, 7) is -0.472. The van der Waals surface area contributed by atoms with Crippen LogP contribution in [0.2, 0.25) is 10.2 Å². The van der Waals surface area contributed by atoms with Gasteiger partial charge in [-0.1, -0.05) is 23.2 Å². The van der Waals surface area contributed by atoms with Crippen LogP contribution in [-0.2, 0) is 6.18 Å². The number of halogens is 5. The van der Waals surface area contributed by atoms with Crippen LogP contribution in [0.15, 0.2) is 36.5 Å². The maximum atomic E-state index is 12.9. The molecule has 0 radical (unpaired) electrons. The molecular weight excluding hydrogens is 368 g/mol. The average Bonchev–Trinajstić information content (AvgIpc) is 2.52. The molecule has 2 rings (SSSR count). The Bertz CT molecular complexity index is 777. The number of alkyl halides is 3. The van der Waals surface area contributed by atoms with Gasteiger partial charge >= 0.3 is 6.18 Å². The number of rotatable bonds is 4. The molecule has 0 spiro atoms. The number of aromatic nitrogens is 1. The summed E-state index contributed by atoms with van der Waals surface area (Å²) in [5.41, 5.74) is -1.67. The van der Waals surface area contributed by atoms with Gasteiger partial charge in [0.05, 0.1) is 17.7 Å². The fraction of sp³-hybridized carbons (Fsp3) is 0.133. The van der Waals surface area contributed by atoms with Gasteiger partial charge in [-0.3, -0.25) is 9.59 Å². The van der Waals surface area contributed by atoms with Crippen molar-refractivity contribution in [2.24, 2.45) is 0 Å². The van der Waals surface area contributed by atoms with Crippen molar-refractivity contribution in [3.8, 4) is 0 Å². The lowest BCUT2D eigenvalue weighted by atomic mass is 10.1. The predicted octanol–water partition coefficient (Wildman–Crippen LogP) is 4.02. The van der Waals surface area contributed by atoms with Crippen molar-refractivity contribution in [3.63, 3.8) is 0 Å². The maximum absolute atomic E-state index is 12.9. The van der Waals surface area contributed by atoms with Crippen molar-refractivity contribution < 1.29 is 22.8 Å². The third-order valence-electron chi connectivity index (χ3n) is 3.00. The zero-order chi connectivity index (χ0) is 17.9. The lowest BCUT2D eigenvalue weighted by Gasteiger charge is -2.12. The van der Waals surface area contributed by atoms with Crippen molar-refractivity contribution in [1.82, 2.24) is 10.3 Å². The summed E-state index contributed by atoms with van der Waals surface area (Å²) >= 11 is 11.1. The van der Waals surface area contributed by atoms with E-state index in [4.69, 9.17) is 23.2 Å². The molecular formula is C15H9Cl2F3N2O2. The first-order valence-corrected chi connectivity index (χ1v) is 7.24. The van der Waals surface area contributed by atoms with Crippen LogP contribution in [0.3, 0.4) is 0 Å². The van der Waals surface area contributed by atoms with E-state index < -0.39 is 40.7 Å². The topological polar surface area (TPSA) is 59.1 Å². The fourth-order valence-corrected chi connectivity index (χ4v) is 2.12. The molecule has 4 nitrogen and oxygen atoms in total. The number of carbonyl (C=O) groups excluding carboxylic acids is 2. The molecule has 1 aromatic carbocycles. The van der Waals surface area contributed by atoms with E-state index in [-0.39, 0.29) is 5.56 Å². The number of pyridine rings is 1. The van der Waals surface area contributed by atoms with E-state index in [1.54, 1.807) is 0 Å². The largest absolute Gasteiger partial charge is 0.417 e. The smallest absolute Gasteiger partial charge is 0.345 e. The van der Waals surface area contributed by atoms with Gasteiger partial charge in [0, 0.05) is 16.8 Å². The molecule has 1 amide bonds. The van der Waals surface area contributed by atoms with E-state index in [9.17, 15) is 22.8 Å². The van der Waals surface area contributed by atoms with Crippen LogP contribution in [0.25, 0.3) is 0 Å². The number of hydrogen-bond donors (Lipinski definition) is 1. The molecule has 24 heavy (non-hydrogen) atoms. The molecule has 0 saturated carbocycles. The van der Waals surface area contributed by atoms with Gasteiger partial charge in [-0.05, 0) is 30.3 Å². The van der Waals surface area contributed by atoms with Gasteiger partial charge in [-0.25, -0.2) is 4.98 Å². The molecule has 0 aliphatic rings. The van der Waals surface area contributed by atoms with Crippen molar-refractivity contribution in [2.45, 2.75) is 6.18 Å². The van der Waals surface area contributed by atoms with E-state index in [2.05, 4.69) is 10.3 Å². The Morgan fingerprint density at radius 2 is 1.75 bits per heavy atom. The van der Waals surface area contributed by atoms with E-state index in [1.807, 2.05) is 0 Å². The normalized spacial score (nSPS) is 11.2. The lowest BCUT2D eigenvalue weighted by Crippen LogP contribution is -2.31. The third kappa shape index (κ3) is 4.46. The summed E-state index contributed by atoms with van der Waals surface area (Å²) in [5, 5.41) is 2.18. The minimum absolute atomic E-state index is 0.268. The van der Waals surface area contributed by atoms with E-state index in [0.717, 1.165) is 0 Å². The molecule has 1 aromatic heterocycles. The summed E-state index contributed by atoms with van der Waals surface area (Å²) in [6.07, 6.45) is -4.06. The monoisotopic (exact) mass is 376 g/mol. The Morgan fingerprint density at radius 1 is 1.12 bits per heavy atom. The van der Waals surface area contributed by atoms with E-state index in [0.29, 0.717) is 17.3 Å². The number of ketones is 1. The number of benzene rings is 1. The van der Waals surface area contributed by atoms with Gasteiger partial charge in [0.2, 0.25) is 0 Å². The molecule has 126 valence electrons. The van der Waals surface area contributed by atoms with Crippen molar-refractivity contribution >= 4 is 34.9 Å². The highest BCUT2D eigenvalue weighted by Crippen LogP contribution is 2.32. The second-order valence-electron chi connectivity index (χ2n) is 4.66. The minimum atomic E-state index is -4.78. The zero-order valence-electron chi connectivity index (χ0n) is 11.8. The maximum Gasteiger partial charge on any atom is 0.417 e. The van der Waals surface area contributed by atoms with Crippen LogP contribution < -0.4 is 5.32 Å². The second kappa shape index (κ2) is 7.19. The number of Topliss-reactive ketones (excluding diaryl/α,β-unsaturated/α-hetero) is 1. The van der Waals surface area contributed by atoms with E-state index in [1.165, 1.54) is 24.3 Å². The molecule has 0 aliphatic carbocycles. The first-order chi connectivity index (χ1) is 11.2. The Labute approximate surface area is 144 Å². The highest BCUT2D eigenvalue weighted by Gasteiger charge is 2.36. The molecule has 0 bridgehead atoms. The minimum Gasteiger partial charge on any atom is -0.345 e. The van der Waals surface area contributed by atoms with Gasteiger partial charge in [0.15, 0.2) is 5.78 Å². The zero-order valence-corrected chi connectivity index (χ0v) is 13.3. The SMILES string of the molecule is O=C(CNC(=O)c1cnc(Cl)cc1C(F)(F)F)c1ccc(Cl)cc1. The first-order valence-electron chi connectivity index (χ1n) is 6.48. The number of nitrogens with zero attached hydrogens (tertiary/aromatic N) is 1. The number of hydrogen-bond acceptors (Lipinski definition) is 3. The van der Waals surface area contributed by atoms with Crippen molar-refractivity contribution in [1.29, 1.82) is 0 Å². The Morgan fingerprint density at radius 3 is 2.33 bits per heavy atom. The van der Waals surface area contributed by atoms with Gasteiger partial charge in [-0.2, -0.15) is 13.2 Å². The van der Waals surface area contributed by atoms with Gasteiger partial charge in [0.25, 0.3) is 5.91 Å². The fourth-order valence-electron chi connectivity index (χ4n) is 1.84. The second-order valence-corrected chi connectivity index (χ2v) is 5.49. The van der Waals surface area contributed by atoms with Crippen molar-refractivity contribution in [2.75, 3.05) is 6.54 Å². The Balaban J connectivity index is 2.13. The van der Waals surface area contributed by atoms with Crippen LogP contribution in [0, 0.1) is 0 Å². The van der Waals surface area contributed by atoms with Gasteiger partial charge < -0.3 is 5.32 Å². The number of carbonyl (C=O) groups is 2. The van der Waals surface area contributed by atoms with Crippen LogP contribution in [-0.4, -0.2) is 23.2 Å². The number of amides is 1. The molecule has 1 N–H and O–H groups in total. The standard InChI is InChI=1S/C15H9Cl2F3N2O2/c16-9-3-1-8(2-4-9)12(23)7-22-14(24)10-6-21-13(17)5-11(10)15(18,19)20/h1-6H,7H2,(H,22,24). The Kier molecular flexibility index (Phi) is 5.46. The number of nitrogens with one attached hydrogen (secondary N) is 1. The van der Waals surface area contributed by atoms with Crippen LogP contribution in [0.4, 0.5) is 13.2 Å². The Hall–Kier alpha value is -2.12. The molecule has 0 atom stereocenters. The van der Waals surface area contributed by atoms with Crippen LogP contribution in [0.5, 0.6) is 0 Å². The van der Waals surface area contributed by atoms with Gasteiger partial charge in [-0.15, -0.1) is 0 Å². The molecule has 0 fully saturated rings.